The van der Waals surface area contributed by atoms with E-state index in [9.17, 15) is 0 Å². The van der Waals surface area contributed by atoms with Crippen LogP contribution in [0.5, 0.6) is 0 Å². The van der Waals surface area contributed by atoms with E-state index >= 15 is 0 Å². The van der Waals surface area contributed by atoms with E-state index in [0.717, 1.165) is 21.1 Å². The molecule has 0 bridgehead atoms. The Kier molecular flexibility index (Phi) is 3.26. The predicted molar refractivity (Wildman–Crippen MR) is 77.3 cm³/mol. The third kappa shape index (κ3) is 2.64. The molecule has 1 N–H and O–H groups in total. The van der Waals surface area contributed by atoms with Crippen LogP contribution in [-0.4, -0.2) is 24.7 Å². The molecule has 0 aromatic carbocycles. The first-order valence-electron chi connectivity index (χ1n) is 5.42. The summed E-state index contributed by atoms with van der Waals surface area (Å²) in [5.41, 5.74) is 0.787. The molecule has 6 nitrogen and oxygen atoms in total. The zero-order chi connectivity index (χ0) is 13.2. The highest BCUT2D eigenvalue weighted by atomic mass is 79.9. The van der Waals surface area contributed by atoms with Crippen LogP contribution in [0.4, 0.5) is 11.8 Å². The summed E-state index contributed by atoms with van der Waals surface area (Å²) < 4.78 is 2.53. The zero-order valence-corrected chi connectivity index (χ0v) is 12.3. The summed E-state index contributed by atoms with van der Waals surface area (Å²) in [6, 6.07) is 3.69. The van der Waals surface area contributed by atoms with Crippen LogP contribution in [0.15, 0.2) is 34.5 Å². The molecule has 0 atom stereocenters. The van der Waals surface area contributed by atoms with Gasteiger partial charge < -0.3 is 5.32 Å². The topological polar surface area (TPSA) is 68.5 Å². The summed E-state index contributed by atoms with van der Waals surface area (Å²) in [5.74, 6) is 1.35. The predicted octanol–water partition coefficient (Wildman–Crippen LogP) is 2.84. The number of halogens is 1. The third-order valence-electron chi connectivity index (χ3n) is 2.41. The SMILES string of the molecule is Cn1nccc1Nc1nccc(-c2nc(Br)cs2)n1. The molecule has 0 aliphatic carbocycles. The first kappa shape index (κ1) is 12.2. The summed E-state index contributed by atoms with van der Waals surface area (Å²) in [6.07, 6.45) is 3.42. The van der Waals surface area contributed by atoms with Crippen molar-refractivity contribution in [3.8, 4) is 10.7 Å². The molecule has 0 aliphatic rings. The fourth-order valence-corrected chi connectivity index (χ4v) is 2.74. The van der Waals surface area contributed by atoms with Gasteiger partial charge >= 0.3 is 0 Å². The van der Waals surface area contributed by atoms with Crippen molar-refractivity contribution in [2.45, 2.75) is 0 Å². The molecule has 0 fully saturated rings. The summed E-state index contributed by atoms with van der Waals surface area (Å²) in [5, 5.41) is 9.96. The van der Waals surface area contributed by atoms with Gasteiger partial charge in [0.2, 0.25) is 5.95 Å². The Morgan fingerprint density at radius 3 is 2.84 bits per heavy atom. The van der Waals surface area contributed by atoms with E-state index in [-0.39, 0.29) is 0 Å². The first-order valence-corrected chi connectivity index (χ1v) is 7.09. The number of nitrogens with zero attached hydrogens (tertiary/aromatic N) is 5. The highest BCUT2D eigenvalue weighted by Crippen LogP contribution is 2.25. The Balaban J connectivity index is 1.90. The van der Waals surface area contributed by atoms with E-state index in [4.69, 9.17) is 0 Å². The molecule has 0 radical (unpaired) electrons. The largest absolute Gasteiger partial charge is 0.309 e. The van der Waals surface area contributed by atoms with Gasteiger partial charge in [0.1, 0.15) is 21.1 Å². The molecular formula is C11H9BrN6S. The monoisotopic (exact) mass is 336 g/mol. The van der Waals surface area contributed by atoms with E-state index in [1.165, 1.54) is 11.3 Å². The molecule has 0 unspecified atom stereocenters. The molecule has 3 aromatic rings. The van der Waals surface area contributed by atoms with Gasteiger partial charge in [-0.15, -0.1) is 11.3 Å². The summed E-state index contributed by atoms with van der Waals surface area (Å²) in [7, 11) is 1.85. The van der Waals surface area contributed by atoms with Crippen molar-refractivity contribution in [3.05, 3.63) is 34.5 Å². The van der Waals surface area contributed by atoms with Crippen LogP contribution in [-0.2, 0) is 7.05 Å². The van der Waals surface area contributed by atoms with E-state index < -0.39 is 0 Å². The molecule has 3 rings (SSSR count). The van der Waals surface area contributed by atoms with E-state index in [1.807, 2.05) is 24.6 Å². The van der Waals surface area contributed by atoms with Gasteiger partial charge in [-0.05, 0) is 22.0 Å². The summed E-state index contributed by atoms with van der Waals surface area (Å²) in [4.78, 5) is 13.0. The minimum absolute atomic E-state index is 0.521. The van der Waals surface area contributed by atoms with Gasteiger partial charge in [-0.25, -0.2) is 15.0 Å². The highest BCUT2D eigenvalue weighted by Gasteiger charge is 2.07. The number of anilines is 2. The van der Waals surface area contributed by atoms with Gasteiger partial charge in [-0.1, -0.05) is 0 Å². The van der Waals surface area contributed by atoms with Gasteiger partial charge in [0, 0.05) is 24.7 Å². The maximum atomic E-state index is 4.44. The molecule has 3 aromatic heterocycles. The lowest BCUT2D eigenvalue weighted by molar-refractivity contribution is 0.775. The van der Waals surface area contributed by atoms with Gasteiger partial charge in [-0.3, -0.25) is 4.68 Å². The fraction of sp³-hybridized carbons (Fsp3) is 0.0909. The molecule has 0 spiro atoms. The smallest absolute Gasteiger partial charge is 0.228 e. The minimum Gasteiger partial charge on any atom is -0.309 e. The quantitative estimate of drug-likeness (QED) is 0.796. The van der Waals surface area contributed by atoms with Crippen molar-refractivity contribution >= 4 is 39.0 Å². The van der Waals surface area contributed by atoms with Crippen molar-refractivity contribution in [1.82, 2.24) is 24.7 Å². The van der Waals surface area contributed by atoms with Crippen LogP contribution < -0.4 is 5.32 Å². The van der Waals surface area contributed by atoms with Crippen LogP contribution in [0.1, 0.15) is 0 Å². The lowest BCUT2D eigenvalue weighted by atomic mass is 10.4. The molecule has 0 amide bonds. The van der Waals surface area contributed by atoms with Crippen LogP contribution in [0.25, 0.3) is 10.7 Å². The minimum atomic E-state index is 0.521. The second kappa shape index (κ2) is 5.06. The maximum absolute atomic E-state index is 4.44. The lowest BCUT2D eigenvalue weighted by Gasteiger charge is -2.05. The van der Waals surface area contributed by atoms with Crippen LogP contribution in [0.2, 0.25) is 0 Å². The Labute approximate surface area is 121 Å². The number of hydrogen-bond acceptors (Lipinski definition) is 6. The molecule has 3 heterocycles. The van der Waals surface area contributed by atoms with Crippen LogP contribution in [0.3, 0.4) is 0 Å². The molecule has 0 aliphatic heterocycles. The molecule has 8 heteroatoms. The zero-order valence-electron chi connectivity index (χ0n) is 9.91. The Hall–Kier alpha value is -1.80. The Morgan fingerprint density at radius 2 is 2.16 bits per heavy atom. The van der Waals surface area contributed by atoms with Crippen molar-refractivity contribution < 1.29 is 0 Å². The van der Waals surface area contributed by atoms with Crippen molar-refractivity contribution in [2.75, 3.05) is 5.32 Å². The average molecular weight is 337 g/mol. The number of thiazole rings is 1. The fourth-order valence-electron chi connectivity index (χ4n) is 1.52. The number of hydrogen-bond donors (Lipinski definition) is 1. The molecule has 0 saturated carbocycles. The number of aryl methyl sites for hydroxylation is 1. The van der Waals surface area contributed by atoms with Crippen LogP contribution in [0, 0.1) is 0 Å². The highest BCUT2D eigenvalue weighted by molar-refractivity contribution is 9.10. The van der Waals surface area contributed by atoms with E-state index in [1.54, 1.807) is 17.1 Å². The van der Waals surface area contributed by atoms with Crippen molar-refractivity contribution in [3.63, 3.8) is 0 Å². The number of aromatic nitrogens is 5. The maximum Gasteiger partial charge on any atom is 0.228 e. The molecular weight excluding hydrogens is 328 g/mol. The van der Waals surface area contributed by atoms with Crippen LogP contribution >= 0.6 is 27.3 Å². The molecule has 96 valence electrons. The molecule has 19 heavy (non-hydrogen) atoms. The van der Waals surface area contributed by atoms with Gasteiger partial charge in [-0.2, -0.15) is 5.10 Å². The first-order chi connectivity index (χ1) is 9.22. The third-order valence-corrected chi connectivity index (χ3v) is 3.99. The number of rotatable bonds is 3. The number of nitrogens with one attached hydrogen (secondary N) is 1. The van der Waals surface area contributed by atoms with Gasteiger partial charge in [0.05, 0.1) is 6.20 Å². The second-order valence-electron chi connectivity index (χ2n) is 3.71. The standard InChI is InChI=1S/C11H9BrN6S/c1-18-9(3-5-14-18)17-11-13-4-2-7(15-11)10-16-8(12)6-19-10/h2-6H,1H3,(H,13,15,17). The Bertz CT molecular complexity index is 707. The van der Waals surface area contributed by atoms with E-state index in [0.29, 0.717) is 5.95 Å². The summed E-state index contributed by atoms with van der Waals surface area (Å²) in [6.45, 7) is 0. The second-order valence-corrected chi connectivity index (χ2v) is 5.38. The van der Waals surface area contributed by atoms with Gasteiger partial charge in [0.25, 0.3) is 0 Å². The molecule has 0 saturated heterocycles. The van der Waals surface area contributed by atoms with Crippen molar-refractivity contribution in [1.29, 1.82) is 0 Å². The summed E-state index contributed by atoms with van der Waals surface area (Å²) >= 11 is 4.86. The lowest BCUT2D eigenvalue weighted by Crippen LogP contribution is -2.02. The Morgan fingerprint density at radius 1 is 1.26 bits per heavy atom. The normalized spacial score (nSPS) is 10.6. The van der Waals surface area contributed by atoms with Crippen molar-refractivity contribution in [2.24, 2.45) is 7.05 Å². The van der Waals surface area contributed by atoms with E-state index in [2.05, 4.69) is 41.3 Å². The average Bonchev–Trinajstić information content (AvgIpc) is 3.00. The van der Waals surface area contributed by atoms with Gasteiger partial charge in [0.15, 0.2) is 0 Å².